The number of anilines is 1. The SMILES string of the molecule is CCCc1c(N)noc1-c1cc(Cl)ccc1C. The van der Waals surface area contributed by atoms with E-state index >= 15 is 0 Å². The van der Waals surface area contributed by atoms with Crippen LogP contribution in [0.2, 0.25) is 5.02 Å². The van der Waals surface area contributed by atoms with Crippen molar-refractivity contribution in [2.45, 2.75) is 26.7 Å². The van der Waals surface area contributed by atoms with Crippen LogP contribution >= 0.6 is 11.6 Å². The molecule has 0 aliphatic heterocycles. The minimum atomic E-state index is 0.473. The van der Waals surface area contributed by atoms with Gasteiger partial charge in [0.25, 0.3) is 0 Å². The van der Waals surface area contributed by atoms with E-state index in [0.717, 1.165) is 35.3 Å². The summed E-state index contributed by atoms with van der Waals surface area (Å²) in [6.45, 7) is 4.11. The molecule has 0 aliphatic rings. The Morgan fingerprint density at radius 1 is 1.41 bits per heavy atom. The first-order chi connectivity index (χ1) is 8.13. The molecule has 1 heterocycles. The maximum Gasteiger partial charge on any atom is 0.172 e. The standard InChI is InChI=1S/C13H15ClN2O/c1-3-4-10-12(17-16-13(10)15)11-7-9(14)6-5-8(11)2/h5-7H,3-4H2,1-2H3,(H2,15,16). The molecule has 2 aromatic rings. The van der Waals surface area contributed by atoms with Gasteiger partial charge in [-0.25, -0.2) is 0 Å². The highest BCUT2D eigenvalue weighted by Crippen LogP contribution is 2.32. The summed E-state index contributed by atoms with van der Waals surface area (Å²) in [5, 5.41) is 4.53. The summed E-state index contributed by atoms with van der Waals surface area (Å²) in [5.41, 5.74) is 8.85. The van der Waals surface area contributed by atoms with Gasteiger partial charge in [0.15, 0.2) is 11.6 Å². The molecular formula is C13H15ClN2O. The van der Waals surface area contributed by atoms with Crippen molar-refractivity contribution in [2.24, 2.45) is 0 Å². The molecule has 0 radical (unpaired) electrons. The topological polar surface area (TPSA) is 52.0 Å². The van der Waals surface area contributed by atoms with Crippen molar-refractivity contribution in [1.29, 1.82) is 0 Å². The van der Waals surface area contributed by atoms with Crippen LogP contribution in [0.5, 0.6) is 0 Å². The van der Waals surface area contributed by atoms with E-state index in [4.69, 9.17) is 21.9 Å². The van der Waals surface area contributed by atoms with Gasteiger partial charge in [0.1, 0.15) is 0 Å². The van der Waals surface area contributed by atoms with Crippen molar-refractivity contribution in [3.05, 3.63) is 34.3 Å². The van der Waals surface area contributed by atoms with E-state index in [2.05, 4.69) is 12.1 Å². The molecule has 1 aromatic heterocycles. The molecule has 0 aliphatic carbocycles. The fourth-order valence-electron chi connectivity index (χ4n) is 1.86. The van der Waals surface area contributed by atoms with Crippen molar-refractivity contribution >= 4 is 17.4 Å². The van der Waals surface area contributed by atoms with Crippen molar-refractivity contribution < 1.29 is 4.52 Å². The average molecular weight is 251 g/mol. The van der Waals surface area contributed by atoms with Gasteiger partial charge in [0, 0.05) is 16.1 Å². The van der Waals surface area contributed by atoms with Gasteiger partial charge in [-0.05, 0) is 31.0 Å². The third-order valence-electron chi connectivity index (χ3n) is 2.76. The highest BCUT2D eigenvalue weighted by atomic mass is 35.5. The second kappa shape index (κ2) is 4.80. The van der Waals surface area contributed by atoms with Gasteiger partial charge in [-0.3, -0.25) is 0 Å². The van der Waals surface area contributed by atoms with E-state index in [1.807, 2.05) is 25.1 Å². The fourth-order valence-corrected chi connectivity index (χ4v) is 2.04. The molecule has 0 fully saturated rings. The van der Waals surface area contributed by atoms with Crippen LogP contribution < -0.4 is 5.73 Å². The summed E-state index contributed by atoms with van der Waals surface area (Å²) < 4.78 is 5.34. The number of aryl methyl sites for hydroxylation is 1. The van der Waals surface area contributed by atoms with Crippen LogP contribution in [0.4, 0.5) is 5.82 Å². The molecule has 2 N–H and O–H groups in total. The van der Waals surface area contributed by atoms with E-state index in [1.165, 1.54) is 0 Å². The normalized spacial score (nSPS) is 10.8. The zero-order chi connectivity index (χ0) is 12.4. The summed E-state index contributed by atoms with van der Waals surface area (Å²) in [5.74, 6) is 1.21. The Kier molecular flexibility index (Phi) is 3.38. The van der Waals surface area contributed by atoms with Crippen molar-refractivity contribution in [3.8, 4) is 11.3 Å². The summed E-state index contributed by atoms with van der Waals surface area (Å²) in [7, 11) is 0. The van der Waals surface area contributed by atoms with Gasteiger partial charge in [-0.1, -0.05) is 36.2 Å². The summed E-state index contributed by atoms with van der Waals surface area (Å²) in [6, 6.07) is 5.71. The maximum absolute atomic E-state index is 6.01. The number of halogens is 1. The molecule has 0 spiro atoms. The number of nitrogen functional groups attached to an aromatic ring is 1. The first kappa shape index (κ1) is 12.0. The van der Waals surface area contributed by atoms with Gasteiger partial charge < -0.3 is 10.3 Å². The van der Waals surface area contributed by atoms with E-state index in [-0.39, 0.29) is 0 Å². The Labute approximate surface area is 106 Å². The maximum atomic E-state index is 6.01. The summed E-state index contributed by atoms with van der Waals surface area (Å²) in [6.07, 6.45) is 1.86. The quantitative estimate of drug-likeness (QED) is 0.901. The molecule has 3 nitrogen and oxygen atoms in total. The van der Waals surface area contributed by atoms with E-state index < -0.39 is 0 Å². The highest BCUT2D eigenvalue weighted by molar-refractivity contribution is 6.30. The number of benzene rings is 1. The lowest BCUT2D eigenvalue weighted by atomic mass is 10.0. The second-order valence-corrected chi connectivity index (χ2v) is 4.52. The lowest BCUT2D eigenvalue weighted by molar-refractivity contribution is 0.434. The molecular weight excluding hydrogens is 236 g/mol. The van der Waals surface area contributed by atoms with E-state index in [9.17, 15) is 0 Å². The Bertz CT molecular complexity index is 534. The lowest BCUT2D eigenvalue weighted by Gasteiger charge is -2.05. The summed E-state index contributed by atoms with van der Waals surface area (Å²) >= 11 is 6.01. The van der Waals surface area contributed by atoms with Crippen molar-refractivity contribution in [2.75, 3.05) is 5.73 Å². The minimum absolute atomic E-state index is 0.473. The van der Waals surface area contributed by atoms with Crippen LogP contribution in [0.3, 0.4) is 0 Å². The zero-order valence-corrected chi connectivity index (χ0v) is 10.7. The fraction of sp³-hybridized carbons (Fsp3) is 0.308. The first-order valence-electron chi connectivity index (χ1n) is 5.64. The Morgan fingerprint density at radius 2 is 2.18 bits per heavy atom. The minimum Gasteiger partial charge on any atom is -0.381 e. The van der Waals surface area contributed by atoms with Crippen LogP contribution in [0.25, 0.3) is 11.3 Å². The molecule has 0 unspecified atom stereocenters. The molecule has 0 amide bonds. The summed E-state index contributed by atoms with van der Waals surface area (Å²) in [4.78, 5) is 0. The molecule has 0 saturated heterocycles. The molecule has 0 atom stereocenters. The smallest absolute Gasteiger partial charge is 0.172 e. The first-order valence-corrected chi connectivity index (χ1v) is 6.01. The Balaban J connectivity index is 2.56. The molecule has 1 aromatic carbocycles. The van der Waals surface area contributed by atoms with Crippen LogP contribution in [0, 0.1) is 6.92 Å². The number of hydrogen-bond donors (Lipinski definition) is 1. The van der Waals surface area contributed by atoms with Gasteiger partial charge in [-0.2, -0.15) is 0 Å². The molecule has 2 rings (SSSR count). The molecule has 17 heavy (non-hydrogen) atoms. The van der Waals surface area contributed by atoms with Crippen molar-refractivity contribution in [1.82, 2.24) is 5.16 Å². The van der Waals surface area contributed by atoms with Crippen LogP contribution in [0.1, 0.15) is 24.5 Å². The highest BCUT2D eigenvalue weighted by Gasteiger charge is 2.16. The Hall–Kier alpha value is -1.48. The molecule has 0 bridgehead atoms. The number of aromatic nitrogens is 1. The third-order valence-corrected chi connectivity index (χ3v) is 3.00. The number of nitrogens with zero attached hydrogens (tertiary/aromatic N) is 1. The van der Waals surface area contributed by atoms with Crippen LogP contribution in [0.15, 0.2) is 22.7 Å². The number of nitrogens with two attached hydrogens (primary N) is 1. The average Bonchev–Trinajstić information content (AvgIpc) is 2.65. The van der Waals surface area contributed by atoms with Gasteiger partial charge in [-0.15, -0.1) is 0 Å². The van der Waals surface area contributed by atoms with Crippen LogP contribution in [-0.4, -0.2) is 5.16 Å². The second-order valence-electron chi connectivity index (χ2n) is 4.08. The van der Waals surface area contributed by atoms with Gasteiger partial charge in [0.2, 0.25) is 0 Å². The van der Waals surface area contributed by atoms with Gasteiger partial charge >= 0.3 is 0 Å². The van der Waals surface area contributed by atoms with Crippen molar-refractivity contribution in [3.63, 3.8) is 0 Å². The Morgan fingerprint density at radius 3 is 2.88 bits per heavy atom. The zero-order valence-electron chi connectivity index (χ0n) is 9.96. The van der Waals surface area contributed by atoms with E-state index in [0.29, 0.717) is 10.8 Å². The van der Waals surface area contributed by atoms with Crippen LogP contribution in [-0.2, 0) is 6.42 Å². The lowest BCUT2D eigenvalue weighted by Crippen LogP contribution is -1.93. The van der Waals surface area contributed by atoms with E-state index in [1.54, 1.807) is 0 Å². The van der Waals surface area contributed by atoms with Gasteiger partial charge in [0.05, 0.1) is 0 Å². The third kappa shape index (κ3) is 2.29. The molecule has 90 valence electrons. The molecule has 0 saturated carbocycles. The monoisotopic (exact) mass is 250 g/mol. The predicted octanol–water partition coefficient (Wildman–Crippen LogP) is 3.84. The largest absolute Gasteiger partial charge is 0.381 e. The number of rotatable bonds is 3. The molecule has 4 heteroatoms. The predicted molar refractivity (Wildman–Crippen MR) is 70.1 cm³/mol. The number of hydrogen-bond acceptors (Lipinski definition) is 3.